The molecule has 2 aliphatic rings. The van der Waals surface area contributed by atoms with Gasteiger partial charge in [0, 0.05) is 35.4 Å². The van der Waals surface area contributed by atoms with E-state index in [1.54, 1.807) is 11.8 Å². The minimum absolute atomic E-state index is 0.395. The van der Waals surface area contributed by atoms with Crippen LogP contribution >= 0.6 is 27.7 Å². The number of nitrogens with two attached hydrogens (primary N) is 1. The third-order valence-electron chi connectivity index (χ3n) is 6.03. The average Bonchev–Trinajstić information content (AvgIpc) is 3.37. The van der Waals surface area contributed by atoms with E-state index in [4.69, 9.17) is 15.5 Å². The van der Waals surface area contributed by atoms with Gasteiger partial charge in [0.2, 0.25) is 6.41 Å². The smallest absolute Gasteiger partial charge is 0.209 e. The summed E-state index contributed by atoms with van der Waals surface area (Å²) in [7, 11) is 0. The molecule has 8 nitrogen and oxygen atoms in total. The summed E-state index contributed by atoms with van der Waals surface area (Å²) in [5, 5.41) is 0.854. The van der Waals surface area contributed by atoms with E-state index >= 15 is 0 Å². The van der Waals surface area contributed by atoms with Crippen molar-refractivity contribution in [1.82, 2.24) is 24.4 Å². The number of imidazole rings is 1. The molecule has 0 saturated carbocycles. The quantitative estimate of drug-likeness (QED) is 0.514. The number of benzene rings is 1. The molecule has 1 fully saturated rings. The number of likely N-dealkylation sites (tertiary alicyclic amines) is 1. The molecule has 5 rings (SSSR count). The van der Waals surface area contributed by atoms with Crippen LogP contribution in [0.1, 0.15) is 24.8 Å². The fraction of sp³-hybridized carbons (Fsp3) is 0.429. The number of carbonyl (C=O) groups excluding carboxylic acids is 1. The largest absolute Gasteiger partial charge is 0.493 e. The van der Waals surface area contributed by atoms with Gasteiger partial charge in [0.1, 0.15) is 12.1 Å². The summed E-state index contributed by atoms with van der Waals surface area (Å²) in [5.41, 5.74) is 8.73. The first-order chi connectivity index (χ1) is 15.1. The molecule has 1 aromatic carbocycles. The van der Waals surface area contributed by atoms with Gasteiger partial charge >= 0.3 is 0 Å². The van der Waals surface area contributed by atoms with Crippen LogP contribution in [0.25, 0.3) is 11.2 Å². The molecule has 2 aliphatic heterocycles. The zero-order valence-electron chi connectivity index (χ0n) is 17.0. The number of nitrogens with zero attached hydrogens (tertiary/aromatic N) is 5. The Morgan fingerprint density at radius 2 is 2.13 bits per heavy atom. The number of aromatic nitrogens is 4. The van der Waals surface area contributed by atoms with Crippen molar-refractivity contribution in [2.75, 3.05) is 25.4 Å². The molecule has 4 heterocycles. The molecule has 2 N–H and O–H groups in total. The monoisotopic (exact) mass is 502 g/mol. The second kappa shape index (κ2) is 8.66. The summed E-state index contributed by atoms with van der Waals surface area (Å²) in [6.45, 7) is 3.19. The van der Waals surface area contributed by atoms with Gasteiger partial charge in [-0.05, 0) is 58.8 Å². The number of rotatable bonds is 6. The van der Waals surface area contributed by atoms with Crippen molar-refractivity contribution in [2.24, 2.45) is 5.92 Å². The maximum absolute atomic E-state index is 11.0. The average molecular weight is 503 g/mol. The first kappa shape index (κ1) is 20.6. The van der Waals surface area contributed by atoms with Gasteiger partial charge in [-0.3, -0.25) is 4.79 Å². The molecule has 0 unspecified atom stereocenters. The number of hydrogen-bond acceptors (Lipinski definition) is 7. The number of ether oxygens (including phenoxy) is 1. The Bertz CT molecular complexity index is 1130. The van der Waals surface area contributed by atoms with Crippen LogP contribution in [0.2, 0.25) is 0 Å². The van der Waals surface area contributed by atoms with Crippen molar-refractivity contribution in [3.63, 3.8) is 0 Å². The zero-order valence-corrected chi connectivity index (χ0v) is 19.4. The van der Waals surface area contributed by atoms with Gasteiger partial charge in [-0.2, -0.15) is 0 Å². The zero-order chi connectivity index (χ0) is 21.4. The highest BCUT2D eigenvalue weighted by Gasteiger charge is 2.22. The minimum atomic E-state index is 0.395. The Labute approximate surface area is 192 Å². The Morgan fingerprint density at radius 1 is 1.29 bits per heavy atom. The number of halogens is 1. The molecule has 1 amide bonds. The van der Waals surface area contributed by atoms with Gasteiger partial charge in [0.05, 0.1) is 6.61 Å². The maximum Gasteiger partial charge on any atom is 0.209 e. The summed E-state index contributed by atoms with van der Waals surface area (Å²) in [6, 6.07) is 4.21. The van der Waals surface area contributed by atoms with Crippen LogP contribution in [-0.2, 0) is 17.8 Å². The number of fused-ring (bicyclic) bond motifs is 2. The van der Waals surface area contributed by atoms with Crippen LogP contribution in [0.5, 0.6) is 5.75 Å². The Kier molecular flexibility index (Phi) is 5.75. The topological polar surface area (TPSA) is 99.2 Å². The summed E-state index contributed by atoms with van der Waals surface area (Å²) in [5.74, 6) is 1.92. The van der Waals surface area contributed by atoms with Crippen LogP contribution < -0.4 is 10.5 Å². The second-order valence-corrected chi connectivity index (χ2v) is 9.80. The molecule has 0 radical (unpaired) electrons. The Balaban J connectivity index is 1.43. The second-order valence-electron chi connectivity index (χ2n) is 7.94. The fourth-order valence-electron chi connectivity index (χ4n) is 4.23. The third-order valence-corrected chi connectivity index (χ3v) is 8.00. The van der Waals surface area contributed by atoms with E-state index in [9.17, 15) is 4.79 Å². The Morgan fingerprint density at radius 3 is 2.94 bits per heavy atom. The normalized spacial score (nSPS) is 16.5. The summed E-state index contributed by atoms with van der Waals surface area (Å²) < 4.78 is 8.81. The lowest BCUT2D eigenvalue weighted by Gasteiger charge is -2.29. The van der Waals surface area contributed by atoms with Crippen molar-refractivity contribution in [3.05, 3.63) is 28.5 Å². The van der Waals surface area contributed by atoms with Gasteiger partial charge in [-0.15, -0.1) is 0 Å². The predicted octanol–water partition coefficient (Wildman–Crippen LogP) is 3.52. The summed E-state index contributed by atoms with van der Waals surface area (Å²) >= 11 is 5.28. The van der Waals surface area contributed by atoms with Crippen LogP contribution in [0.4, 0.5) is 5.82 Å². The van der Waals surface area contributed by atoms with Gasteiger partial charge < -0.3 is 19.9 Å². The van der Waals surface area contributed by atoms with Crippen molar-refractivity contribution in [1.29, 1.82) is 0 Å². The molecule has 1 saturated heterocycles. The molecular formula is C21H23BrN6O2S. The van der Waals surface area contributed by atoms with E-state index in [1.807, 2.05) is 11.0 Å². The first-order valence-corrected chi connectivity index (χ1v) is 12.0. The Hall–Kier alpha value is -2.33. The van der Waals surface area contributed by atoms with Crippen molar-refractivity contribution >= 4 is 51.1 Å². The summed E-state index contributed by atoms with van der Waals surface area (Å²) in [6.07, 6.45) is 6.44. The highest BCUT2D eigenvalue weighted by molar-refractivity contribution is 9.10. The van der Waals surface area contributed by atoms with Crippen LogP contribution in [0, 0.1) is 5.92 Å². The molecule has 0 aliphatic carbocycles. The lowest BCUT2D eigenvalue weighted by Crippen LogP contribution is -2.32. The molecule has 0 spiro atoms. The van der Waals surface area contributed by atoms with Gasteiger partial charge in [-0.1, -0.05) is 11.8 Å². The first-order valence-electron chi connectivity index (χ1n) is 10.4. The molecule has 10 heteroatoms. The lowest BCUT2D eigenvalue weighted by molar-refractivity contribution is -0.119. The summed E-state index contributed by atoms with van der Waals surface area (Å²) in [4.78, 5) is 27.3. The van der Waals surface area contributed by atoms with Crippen molar-refractivity contribution in [3.8, 4) is 5.75 Å². The number of hydrogen-bond donors (Lipinski definition) is 1. The maximum atomic E-state index is 11.0. The predicted molar refractivity (Wildman–Crippen MR) is 122 cm³/mol. The molecule has 3 aromatic rings. The molecule has 0 bridgehead atoms. The fourth-order valence-corrected chi connectivity index (χ4v) is 5.77. The van der Waals surface area contributed by atoms with E-state index in [0.717, 1.165) is 84.3 Å². The number of amides is 1. The number of piperidine rings is 1. The van der Waals surface area contributed by atoms with Gasteiger partial charge in [-0.25, -0.2) is 15.0 Å². The van der Waals surface area contributed by atoms with E-state index < -0.39 is 0 Å². The van der Waals surface area contributed by atoms with E-state index in [2.05, 4.69) is 36.5 Å². The van der Waals surface area contributed by atoms with Crippen molar-refractivity contribution in [2.45, 2.75) is 42.3 Å². The van der Waals surface area contributed by atoms with Gasteiger partial charge in [0.15, 0.2) is 22.1 Å². The van der Waals surface area contributed by atoms with Crippen molar-refractivity contribution < 1.29 is 9.53 Å². The molecule has 0 atom stereocenters. The highest BCUT2D eigenvalue weighted by Crippen LogP contribution is 2.40. The third kappa shape index (κ3) is 4.10. The van der Waals surface area contributed by atoms with Crippen LogP contribution in [0.15, 0.2) is 33.0 Å². The molecule has 162 valence electrons. The number of nitrogen functional groups attached to an aromatic ring is 1. The van der Waals surface area contributed by atoms with Crippen LogP contribution in [0.3, 0.4) is 0 Å². The minimum Gasteiger partial charge on any atom is -0.493 e. The van der Waals surface area contributed by atoms with E-state index in [0.29, 0.717) is 17.3 Å². The lowest BCUT2D eigenvalue weighted by atomic mass is 9.94. The van der Waals surface area contributed by atoms with Gasteiger partial charge in [0.25, 0.3) is 0 Å². The standard InChI is InChI=1S/C21H23BrN6O2S/c22-15-10-16-14(4-8-30-16)9-17(15)31-21-26-18-19(23)24-11-25-20(18)28(21)7-3-13-1-5-27(12-29)6-2-13/h9-13H,1-8H2,(H2,23,24,25). The number of anilines is 1. The molecular weight excluding hydrogens is 480 g/mol. The molecule has 31 heavy (non-hydrogen) atoms. The number of carbonyl (C=O) groups is 1. The van der Waals surface area contributed by atoms with E-state index in [-0.39, 0.29) is 0 Å². The number of aryl methyl sites for hydroxylation is 1. The molecule has 2 aromatic heterocycles. The highest BCUT2D eigenvalue weighted by atomic mass is 79.9. The SMILES string of the molecule is Nc1ncnc2c1nc(Sc1cc3c(cc1Br)OCC3)n2CCC1CCN(C=O)CC1. The van der Waals surface area contributed by atoms with Crippen LogP contribution in [-0.4, -0.2) is 50.5 Å². The van der Waals surface area contributed by atoms with E-state index in [1.165, 1.54) is 11.9 Å².